The molecule has 0 aromatic rings. The number of amides is 1. The van der Waals surface area contributed by atoms with Crippen molar-refractivity contribution in [3.8, 4) is 0 Å². The molecule has 0 aliphatic carbocycles. The molecule has 0 aromatic heterocycles. The van der Waals surface area contributed by atoms with Gasteiger partial charge in [0, 0.05) is 0 Å². The van der Waals surface area contributed by atoms with Crippen LogP contribution in [0.2, 0.25) is 0 Å². The van der Waals surface area contributed by atoms with Crippen molar-refractivity contribution in [1.82, 2.24) is 4.90 Å². The number of hydrogen-bond donors (Lipinski definition) is 0. The molecule has 1 amide bonds. The molecule has 4 heteroatoms. The first kappa shape index (κ1) is 16.3. The topological polar surface area (TPSA) is 20.3 Å². The minimum atomic E-state index is -0.163. The second-order valence-electron chi connectivity index (χ2n) is 4.42. The van der Waals surface area contributed by atoms with Gasteiger partial charge in [0.25, 0.3) is 0 Å². The van der Waals surface area contributed by atoms with Crippen molar-refractivity contribution in [1.29, 1.82) is 0 Å². The quantitative estimate of drug-likeness (QED) is 0.200. The summed E-state index contributed by atoms with van der Waals surface area (Å²) >= 11 is -0.163. The van der Waals surface area contributed by atoms with Crippen molar-refractivity contribution in [3.05, 3.63) is 12.2 Å². The molecule has 0 aliphatic rings. The molecule has 0 heterocycles. The Morgan fingerprint density at radius 1 is 1.50 bits per heavy atom. The monoisotopic (exact) mass is 357 g/mol. The van der Waals surface area contributed by atoms with Crippen LogP contribution in [0.3, 0.4) is 0 Å². The molecule has 16 heavy (non-hydrogen) atoms. The maximum atomic E-state index is 12.1. The van der Waals surface area contributed by atoms with Crippen LogP contribution in [-0.2, 0) is 14.6 Å². The Labute approximate surface area is 114 Å². The molecule has 0 saturated heterocycles. The summed E-state index contributed by atoms with van der Waals surface area (Å²) in [5, 5.41) is 0. The Hall–Kier alpha value is 0.290. The molecule has 0 aromatic carbocycles. The number of carbonyl (C=O) groups excluding carboxylic acids is 1. The Morgan fingerprint density at radius 3 is 2.50 bits per heavy atom. The molecule has 1 atom stereocenters. The van der Waals surface area contributed by atoms with E-state index in [4.69, 9.17) is 0 Å². The number of carbonyl (C=O) groups is 1. The summed E-state index contributed by atoms with van der Waals surface area (Å²) in [4.78, 5) is 14.0. The van der Waals surface area contributed by atoms with Crippen LogP contribution in [0.4, 0.5) is 0 Å². The van der Waals surface area contributed by atoms with Crippen LogP contribution in [0.5, 0.6) is 0 Å². The van der Waals surface area contributed by atoms with E-state index in [9.17, 15) is 4.79 Å². The number of halogens is 1. The predicted octanol–water partition coefficient (Wildman–Crippen LogP) is -0.811. The third kappa shape index (κ3) is 5.08. The fourth-order valence-electron chi connectivity index (χ4n) is 1.22. The summed E-state index contributed by atoms with van der Waals surface area (Å²) in [7, 11) is 5.51. The standard InChI is InChI=1S/C12H24INOS/c1-6-7-8-9-10(2)11(15)14(5)12(3,4)13-16/h7-8,10H,6,9,16H2,1-5H3/b8-7-. The van der Waals surface area contributed by atoms with E-state index in [1.165, 1.54) is 0 Å². The van der Waals surface area contributed by atoms with Gasteiger partial charge < -0.3 is 0 Å². The summed E-state index contributed by atoms with van der Waals surface area (Å²) in [6, 6.07) is 0. The van der Waals surface area contributed by atoms with Gasteiger partial charge in [-0.1, -0.05) is 0 Å². The second-order valence-corrected chi connectivity index (χ2v) is 8.86. The van der Waals surface area contributed by atoms with Crippen LogP contribution in [0.15, 0.2) is 12.2 Å². The fraction of sp³-hybridized carbons (Fsp3) is 0.750. The Morgan fingerprint density at radius 2 is 2.06 bits per heavy atom. The molecule has 96 valence electrons. The molecule has 1 unspecified atom stereocenters. The zero-order valence-corrected chi connectivity index (χ0v) is 14.0. The normalized spacial score (nSPS) is 14.4. The van der Waals surface area contributed by atoms with E-state index in [-0.39, 0.29) is 35.2 Å². The molecular weight excluding hydrogens is 333 g/mol. The van der Waals surface area contributed by atoms with E-state index in [1.807, 2.05) is 18.9 Å². The first-order valence-corrected chi connectivity index (χ1v) is 10.3. The Balaban J connectivity index is 4.38. The van der Waals surface area contributed by atoms with E-state index < -0.39 is 0 Å². The molecule has 0 radical (unpaired) electrons. The average Bonchev–Trinajstić information content (AvgIpc) is 2.27. The number of nitrogens with zero attached hydrogens (tertiary/aromatic N) is 1. The van der Waals surface area contributed by atoms with Crippen LogP contribution >= 0.6 is 0 Å². The Bertz CT molecular complexity index is 253. The van der Waals surface area contributed by atoms with E-state index in [0.29, 0.717) is 0 Å². The molecule has 0 bridgehead atoms. The van der Waals surface area contributed by atoms with E-state index in [1.54, 1.807) is 0 Å². The number of alkyl halides is 1. The summed E-state index contributed by atoms with van der Waals surface area (Å²) in [6.45, 7) is 8.33. The summed E-state index contributed by atoms with van der Waals surface area (Å²) in [5.41, 5.74) is 0. The number of rotatable bonds is 6. The van der Waals surface area contributed by atoms with Crippen molar-refractivity contribution in [2.24, 2.45) is 5.92 Å². The zero-order chi connectivity index (χ0) is 12.8. The molecule has 0 aliphatic heterocycles. The van der Waals surface area contributed by atoms with Crippen LogP contribution in [0.1, 0.15) is 40.5 Å². The van der Waals surface area contributed by atoms with Crippen molar-refractivity contribution in [3.63, 3.8) is 0 Å². The third-order valence-corrected chi connectivity index (χ3v) is 7.82. The van der Waals surface area contributed by atoms with Gasteiger partial charge in [0.15, 0.2) is 0 Å². The molecule has 0 fully saturated rings. The molecule has 0 N–H and O–H groups in total. The van der Waals surface area contributed by atoms with Gasteiger partial charge in [0.1, 0.15) is 0 Å². The summed E-state index contributed by atoms with van der Waals surface area (Å²) in [5.74, 6) is 0.318. The average molecular weight is 357 g/mol. The predicted molar refractivity (Wildman–Crippen MR) is 70.2 cm³/mol. The van der Waals surface area contributed by atoms with Crippen molar-refractivity contribution >= 4 is 15.7 Å². The van der Waals surface area contributed by atoms with E-state index >= 15 is 0 Å². The molecule has 0 spiro atoms. The van der Waals surface area contributed by atoms with Gasteiger partial charge in [-0.25, -0.2) is 0 Å². The van der Waals surface area contributed by atoms with Gasteiger partial charge in [-0.3, -0.25) is 0 Å². The van der Waals surface area contributed by atoms with Gasteiger partial charge in [-0.15, -0.1) is 0 Å². The van der Waals surface area contributed by atoms with Crippen molar-refractivity contribution in [2.75, 3.05) is 7.05 Å². The van der Waals surface area contributed by atoms with Crippen LogP contribution in [0, 0.1) is 5.92 Å². The van der Waals surface area contributed by atoms with Crippen LogP contribution < -0.4 is 19.8 Å². The minimum absolute atomic E-state index is 0.0183. The molecule has 2 nitrogen and oxygen atoms in total. The summed E-state index contributed by atoms with van der Waals surface area (Å²) < 4.78 is -0.0183. The van der Waals surface area contributed by atoms with Crippen molar-refractivity contribution < 1.29 is 24.6 Å². The SMILES string of the molecule is CC/C=C\CC(C)C(=O)N(C)C(C)(C)[I-][SH2+]. The van der Waals surface area contributed by atoms with Gasteiger partial charge in [0.05, 0.1) is 0 Å². The second kappa shape index (κ2) is 7.58. The zero-order valence-electron chi connectivity index (χ0n) is 10.9. The van der Waals surface area contributed by atoms with E-state index in [0.717, 1.165) is 12.8 Å². The maximum absolute atomic E-state index is 12.1. The Kier molecular flexibility index (Phi) is 7.72. The van der Waals surface area contributed by atoms with Crippen molar-refractivity contribution in [2.45, 2.75) is 44.1 Å². The number of allylic oxidation sites excluding steroid dienone is 2. The molecule has 0 rings (SSSR count). The third-order valence-electron chi connectivity index (χ3n) is 2.67. The van der Waals surface area contributed by atoms with Gasteiger partial charge in [0.2, 0.25) is 0 Å². The first-order chi connectivity index (χ1) is 7.36. The van der Waals surface area contributed by atoms with Crippen LogP contribution in [0.25, 0.3) is 0 Å². The number of hydrogen-bond acceptors (Lipinski definition) is 1. The summed E-state index contributed by atoms with van der Waals surface area (Å²) in [6.07, 6.45) is 6.10. The molecular formula is C12H24INOS. The first-order valence-electron chi connectivity index (χ1n) is 5.61. The van der Waals surface area contributed by atoms with Crippen LogP contribution in [-0.4, -0.2) is 21.4 Å². The fourth-order valence-corrected chi connectivity index (χ4v) is 2.67. The molecule has 0 saturated carbocycles. The van der Waals surface area contributed by atoms with Gasteiger partial charge in [-0.2, -0.15) is 0 Å². The van der Waals surface area contributed by atoms with E-state index in [2.05, 4.69) is 42.7 Å². The van der Waals surface area contributed by atoms with Gasteiger partial charge >= 0.3 is 114 Å². The van der Waals surface area contributed by atoms with Gasteiger partial charge in [-0.05, 0) is 0 Å².